The van der Waals surface area contributed by atoms with Crippen LogP contribution in [0.5, 0.6) is 0 Å². The van der Waals surface area contributed by atoms with Crippen molar-refractivity contribution in [1.29, 1.82) is 0 Å². The van der Waals surface area contributed by atoms with Crippen molar-refractivity contribution in [1.82, 2.24) is 9.97 Å². The summed E-state index contributed by atoms with van der Waals surface area (Å²) in [6.45, 7) is 0. The molecule has 0 aromatic carbocycles. The van der Waals surface area contributed by atoms with E-state index in [1.165, 1.54) is 6.07 Å². The van der Waals surface area contributed by atoms with Gasteiger partial charge in [0.1, 0.15) is 0 Å². The van der Waals surface area contributed by atoms with Crippen LogP contribution in [0, 0.1) is 4.77 Å². The van der Waals surface area contributed by atoms with Crippen molar-refractivity contribution >= 4 is 28.1 Å². The Morgan fingerprint density at radius 1 is 1.36 bits per heavy atom. The van der Waals surface area contributed by atoms with E-state index in [2.05, 4.69) is 25.9 Å². The van der Waals surface area contributed by atoms with Gasteiger partial charge in [-0.3, -0.25) is 9.78 Å². The van der Waals surface area contributed by atoms with Gasteiger partial charge >= 0.3 is 0 Å². The average Bonchev–Trinajstić information content (AvgIpc) is 2.50. The molecule has 2 heterocycles. The van der Waals surface area contributed by atoms with E-state index in [0.717, 1.165) is 0 Å². The fourth-order valence-electron chi connectivity index (χ4n) is 1.06. The molecule has 2 N–H and O–H groups in total. The van der Waals surface area contributed by atoms with Crippen LogP contribution in [-0.2, 0) is 0 Å². The van der Waals surface area contributed by atoms with Gasteiger partial charge in [-0.05, 0) is 40.3 Å². The molecule has 0 radical (unpaired) electrons. The quantitative estimate of drug-likeness (QED) is 0.784. The van der Waals surface area contributed by atoms with Gasteiger partial charge in [-0.1, -0.05) is 0 Å². The molecule has 0 unspecified atom stereocenters. The lowest BCUT2D eigenvalue weighted by molar-refractivity contribution is 0.553. The van der Waals surface area contributed by atoms with Gasteiger partial charge in [0.25, 0.3) is 5.56 Å². The summed E-state index contributed by atoms with van der Waals surface area (Å²) in [5.41, 5.74) is 0.306. The second-order valence-electron chi connectivity index (χ2n) is 2.61. The maximum Gasteiger partial charge on any atom is 0.252 e. The van der Waals surface area contributed by atoms with Gasteiger partial charge in [-0.2, -0.15) is 0 Å². The smallest absolute Gasteiger partial charge is 0.252 e. The third kappa shape index (κ3) is 1.85. The van der Waals surface area contributed by atoms with E-state index in [0.29, 0.717) is 16.1 Å². The molecule has 0 saturated heterocycles. The molecule has 0 amide bonds. The predicted octanol–water partition coefficient (Wildman–Crippen LogP) is 2.45. The molecule has 0 bridgehead atoms. The third-order valence-electron chi connectivity index (χ3n) is 1.60. The van der Waals surface area contributed by atoms with Crippen molar-refractivity contribution in [3.63, 3.8) is 0 Å². The highest BCUT2D eigenvalue weighted by Crippen LogP contribution is 2.21. The van der Waals surface area contributed by atoms with Gasteiger partial charge in [0.05, 0.1) is 5.69 Å². The van der Waals surface area contributed by atoms with Crippen molar-refractivity contribution < 1.29 is 4.42 Å². The minimum Gasteiger partial charge on any atom is -0.448 e. The van der Waals surface area contributed by atoms with Crippen LogP contribution in [-0.4, -0.2) is 9.97 Å². The van der Waals surface area contributed by atoms with Crippen molar-refractivity contribution in [2.45, 2.75) is 0 Å². The highest BCUT2D eigenvalue weighted by Gasteiger charge is 2.03. The standard InChI is InChI=1S/C8H5BrN2O2S/c9-6-2-1-5(13-6)4-3-7(12)11-8(14)10-4/h1-3H,(H2,10,11,12,14). The minimum atomic E-state index is -0.253. The molecular weight excluding hydrogens is 268 g/mol. The predicted molar refractivity (Wildman–Crippen MR) is 57.6 cm³/mol. The van der Waals surface area contributed by atoms with Gasteiger partial charge in [-0.25, -0.2) is 0 Å². The van der Waals surface area contributed by atoms with E-state index in [1.807, 2.05) is 0 Å². The number of aromatic amines is 2. The maximum absolute atomic E-state index is 11.1. The summed E-state index contributed by atoms with van der Waals surface area (Å²) in [5, 5.41) is 0. The number of hydrogen-bond donors (Lipinski definition) is 2. The zero-order valence-corrected chi connectivity index (χ0v) is 9.24. The lowest BCUT2D eigenvalue weighted by Crippen LogP contribution is -2.05. The van der Waals surface area contributed by atoms with Crippen molar-refractivity contribution in [3.8, 4) is 11.5 Å². The van der Waals surface area contributed by atoms with E-state index >= 15 is 0 Å². The number of aromatic nitrogens is 2. The molecule has 0 atom stereocenters. The Bertz CT molecular complexity index is 541. The fraction of sp³-hybridized carbons (Fsp3) is 0. The summed E-state index contributed by atoms with van der Waals surface area (Å²) < 4.78 is 6.15. The SMILES string of the molecule is O=c1cc(-c2ccc(Br)o2)[nH]c(=S)[nH]1. The van der Waals surface area contributed by atoms with Gasteiger partial charge in [0, 0.05) is 6.07 Å². The molecule has 0 fully saturated rings. The van der Waals surface area contributed by atoms with Crippen LogP contribution in [0.4, 0.5) is 0 Å². The molecule has 0 aliphatic rings. The lowest BCUT2D eigenvalue weighted by Gasteiger charge is -1.95. The summed E-state index contributed by atoms with van der Waals surface area (Å²) in [6.07, 6.45) is 0. The maximum atomic E-state index is 11.1. The first-order chi connectivity index (χ1) is 6.65. The Kier molecular flexibility index (Phi) is 2.39. The first kappa shape index (κ1) is 9.42. The molecule has 4 nitrogen and oxygen atoms in total. The number of nitrogens with one attached hydrogen (secondary N) is 2. The van der Waals surface area contributed by atoms with E-state index in [9.17, 15) is 4.79 Å². The van der Waals surface area contributed by atoms with Gasteiger partial charge in [0.15, 0.2) is 15.2 Å². The van der Waals surface area contributed by atoms with Crippen LogP contribution in [0.2, 0.25) is 0 Å². The van der Waals surface area contributed by atoms with Gasteiger partial charge in [0.2, 0.25) is 0 Å². The van der Waals surface area contributed by atoms with Crippen LogP contribution in [0.25, 0.3) is 11.5 Å². The number of H-pyrrole nitrogens is 2. The number of furan rings is 1. The second-order valence-corrected chi connectivity index (χ2v) is 3.79. The fourth-order valence-corrected chi connectivity index (χ4v) is 1.58. The summed E-state index contributed by atoms with van der Waals surface area (Å²) >= 11 is 8.00. The zero-order chi connectivity index (χ0) is 10.1. The largest absolute Gasteiger partial charge is 0.448 e. The summed E-state index contributed by atoms with van der Waals surface area (Å²) in [4.78, 5) is 16.4. The minimum absolute atomic E-state index is 0.253. The summed E-state index contributed by atoms with van der Waals surface area (Å²) in [5.74, 6) is 0.564. The van der Waals surface area contributed by atoms with Crippen molar-refractivity contribution in [3.05, 3.63) is 38.0 Å². The molecule has 2 aromatic rings. The molecule has 14 heavy (non-hydrogen) atoms. The van der Waals surface area contributed by atoms with Gasteiger partial charge in [-0.15, -0.1) is 0 Å². The molecule has 6 heteroatoms. The van der Waals surface area contributed by atoms with Crippen LogP contribution < -0.4 is 5.56 Å². The van der Waals surface area contributed by atoms with Crippen LogP contribution in [0.3, 0.4) is 0 Å². The van der Waals surface area contributed by atoms with E-state index in [1.54, 1.807) is 12.1 Å². The third-order valence-corrected chi connectivity index (χ3v) is 2.23. The molecule has 72 valence electrons. The topological polar surface area (TPSA) is 61.8 Å². The Balaban J connectivity index is 2.62. The molecule has 0 aliphatic heterocycles. The monoisotopic (exact) mass is 272 g/mol. The van der Waals surface area contributed by atoms with E-state index in [4.69, 9.17) is 16.6 Å². The lowest BCUT2D eigenvalue weighted by atomic mass is 10.3. The molecule has 0 spiro atoms. The Labute approximate surface area is 92.1 Å². The molecule has 2 aromatic heterocycles. The van der Waals surface area contributed by atoms with Crippen LogP contribution in [0.1, 0.15) is 0 Å². The Hall–Kier alpha value is -1.14. The number of halogens is 1. The Morgan fingerprint density at radius 2 is 2.14 bits per heavy atom. The van der Waals surface area contributed by atoms with E-state index < -0.39 is 0 Å². The van der Waals surface area contributed by atoms with Gasteiger partial charge < -0.3 is 9.40 Å². The summed E-state index contributed by atoms with van der Waals surface area (Å²) in [6, 6.07) is 4.87. The normalized spacial score (nSPS) is 10.4. The van der Waals surface area contributed by atoms with Crippen molar-refractivity contribution in [2.24, 2.45) is 0 Å². The first-order valence-electron chi connectivity index (χ1n) is 3.74. The zero-order valence-electron chi connectivity index (χ0n) is 6.83. The molecule has 0 aliphatic carbocycles. The highest BCUT2D eigenvalue weighted by atomic mass is 79.9. The Morgan fingerprint density at radius 3 is 2.71 bits per heavy atom. The first-order valence-corrected chi connectivity index (χ1v) is 4.94. The number of hydrogen-bond acceptors (Lipinski definition) is 3. The molecular formula is C8H5BrN2O2S. The average molecular weight is 273 g/mol. The van der Waals surface area contributed by atoms with Crippen LogP contribution >= 0.6 is 28.1 Å². The second kappa shape index (κ2) is 3.55. The van der Waals surface area contributed by atoms with E-state index in [-0.39, 0.29) is 10.3 Å². The molecule has 0 saturated carbocycles. The summed E-state index contributed by atoms with van der Waals surface area (Å²) in [7, 11) is 0. The highest BCUT2D eigenvalue weighted by molar-refractivity contribution is 9.10. The van der Waals surface area contributed by atoms with Crippen molar-refractivity contribution in [2.75, 3.05) is 0 Å². The molecule has 2 rings (SSSR count). The number of rotatable bonds is 1. The van der Waals surface area contributed by atoms with Crippen LogP contribution in [0.15, 0.2) is 32.1 Å².